The van der Waals surface area contributed by atoms with Gasteiger partial charge in [-0.3, -0.25) is 9.78 Å². The average Bonchev–Trinajstić information content (AvgIpc) is 2.44. The Hall–Kier alpha value is -1.43. The van der Waals surface area contributed by atoms with Gasteiger partial charge in [0, 0.05) is 37.7 Å². The minimum Gasteiger partial charge on any atom is -0.342 e. The molecule has 0 aliphatic heterocycles. The molecular formula is C14H22N2O3S. The summed E-state index contributed by atoms with van der Waals surface area (Å²) in [4.78, 5) is 17.6. The van der Waals surface area contributed by atoms with Gasteiger partial charge in [0.25, 0.3) is 0 Å². The number of rotatable bonds is 7. The summed E-state index contributed by atoms with van der Waals surface area (Å²) < 4.78 is 23.1. The molecule has 1 unspecified atom stereocenters. The first kappa shape index (κ1) is 16.6. The quantitative estimate of drug-likeness (QED) is 0.761. The van der Waals surface area contributed by atoms with Crippen LogP contribution in [0.15, 0.2) is 24.5 Å². The van der Waals surface area contributed by atoms with E-state index in [0.29, 0.717) is 12.8 Å². The summed E-state index contributed by atoms with van der Waals surface area (Å²) >= 11 is 0. The van der Waals surface area contributed by atoms with Crippen molar-refractivity contribution in [2.45, 2.75) is 32.7 Å². The summed E-state index contributed by atoms with van der Waals surface area (Å²) in [6.07, 6.45) is 4.40. The fraction of sp³-hybridized carbons (Fsp3) is 0.571. The second-order valence-corrected chi connectivity index (χ2v) is 7.31. The van der Waals surface area contributed by atoms with E-state index in [1.54, 1.807) is 33.3 Å². The molecular weight excluding hydrogens is 276 g/mol. The molecule has 6 heteroatoms. The normalized spacial score (nSPS) is 12.9. The number of carbonyl (C=O) groups is 1. The number of pyridine rings is 1. The number of carbonyl (C=O) groups excluding carboxylic acids is 1. The Kier molecular flexibility index (Phi) is 6.13. The Bertz CT molecular complexity index is 529. The lowest BCUT2D eigenvalue weighted by Crippen LogP contribution is -2.39. The monoisotopic (exact) mass is 298 g/mol. The van der Waals surface area contributed by atoms with Crippen molar-refractivity contribution in [3.05, 3.63) is 30.1 Å². The summed E-state index contributed by atoms with van der Waals surface area (Å²) in [7, 11) is -1.41. The summed E-state index contributed by atoms with van der Waals surface area (Å²) in [5.74, 6) is 0.0703. The van der Waals surface area contributed by atoms with Crippen molar-refractivity contribution in [2.75, 3.05) is 18.6 Å². The molecule has 1 aromatic heterocycles. The molecule has 5 nitrogen and oxygen atoms in total. The smallest absolute Gasteiger partial charge is 0.222 e. The summed E-state index contributed by atoms with van der Waals surface area (Å²) in [5.41, 5.74) is 1.00. The number of sulfone groups is 1. The number of aromatic nitrogens is 1. The Balaban J connectivity index is 2.50. The zero-order valence-corrected chi connectivity index (χ0v) is 13.1. The van der Waals surface area contributed by atoms with E-state index < -0.39 is 9.84 Å². The van der Waals surface area contributed by atoms with Crippen LogP contribution < -0.4 is 0 Å². The SMILES string of the molecule is CCS(=O)(=O)CC(C)N(C)C(=O)CCc1cccnc1. The molecule has 1 rings (SSSR count). The maximum atomic E-state index is 12.0. The Morgan fingerprint density at radius 3 is 2.70 bits per heavy atom. The average molecular weight is 298 g/mol. The largest absolute Gasteiger partial charge is 0.342 e. The maximum absolute atomic E-state index is 12.0. The van der Waals surface area contributed by atoms with Crippen molar-refractivity contribution in [1.82, 2.24) is 9.88 Å². The first-order valence-electron chi connectivity index (χ1n) is 6.70. The number of hydrogen-bond acceptors (Lipinski definition) is 4. The van der Waals surface area contributed by atoms with Gasteiger partial charge in [-0.05, 0) is 25.0 Å². The van der Waals surface area contributed by atoms with Crippen LogP contribution >= 0.6 is 0 Å². The number of aryl methyl sites for hydroxylation is 1. The molecule has 0 N–H and O–H groups in total. The lowest BCUT2D eigenvalue weighted by molar-refractivity contribution is -0.131. The van der Waals surface area contributed by atoms with E-state index in [4.69, 9.17) is 0 Å². The van der Waals surface area contributed by atoms with Gasteiger partial charge in [0.15, 0.2) is 9.84 Å². The minimum absolute atomic E-state index is 0.0125. The van der Waals surface area contributed by atoms with Gasteiger partial charge in [0.1, 0.15) is 0 Å². The third-order valence-corrected chi connectivity index (χ3v) is 5.21. The highest BCUT2D eigenvalue weighted by molar-refractivity contribution is 7.91. The van der Waals surface area contributed by atoms with Crippen LogP contribution in [0.3, 0.4) is 0 Å². The highest BCUT2D eigenvalue weighted by Crippen LogP contribution is 2.07. The van der Waals surface area contributed by atoms with E-state index >= 15 is 0 Å². The molecule has 0 radical (unpaired) electrons. The molecule has 1 atom stereocenters. The Morgan fingerprint density at radius 1 is 1.45 bits per heavy atom. The zero-order valence-electron chi connectivity index (χ0n) is 12.2. The first-order chi connectivity index (χ1) is 9.35. The van der Waals surface area contributed by atoms with Gasteiger partial charge in [0.05, 0.1) is 5.75 Å². The van der Waals surface area contributed by atoms with E-state index in [-0.39, 0.29) is 23.5 Å². The lowest BCUT2D eigenvalue weighted by Gasteiger charge is -2.24. The van der Waals surface area contributed by atoms with Crippen LogP contribution in [0, 0.1) is 0 Å². The molecule has 0 aliphatic carbocycles. The van der Waals surface area contributed by atoms with Gasteiger partial charge in [-0.2, -0.15) is 0 Å². The Labute approximate surface area is 120 Å². The molecule has 1 heterocycles. The number of nitrogens with zero attached hydrogens (tertiary/aromatic N) is 2. The van der Waals surface area contributed by atoms with Gasteiger partial charge in [-0.15, -0.1) is 0 Å². The van der Waals surface area contributed by atoms with Crippen LogP contribution in [0.2, 0.25) is 0 Å². The molecule has 1 amide bonds. The molecule has 0 aliphatic rings. The second-order valence-electron chi connectivity index (χ2n) is 4.91. The van der Waals surface area contributed by atoms with Crippen LogP contribution in [0.4, 0.5) is 0 Å². The molecule has 0 spiro atoms. The summed E-state index contributed by atoms with van der Waals surface area (Å²) in [6.45, 7) is 3.38. The molecule has 0 saturated carbocycles. The van der Waals surface area contributed by atoms with E-state index in [1.807, 2.05) is 12.1 Å². The molecule has 0 aromatic carbocycles. The third kappa shape index (κ3) is 5.28. The van der Waals surface area contributed by atoms with E-state index in [1.165, 1.54) is 4.90 Å². The predicted molar refractivity (Wildman–Crippen MR) is 79.1 cm³/mol. The highest BCUT2D eigenvalue weighted by Gasteiger charge is 2.20. The fourth-order valence-corrected chi connectivity index (χ4v) is 3.01. The van der Waals surface area contributed by atoms with Crippen LogP contribution in [0.5, 0.6) is 0 Å². The number of amides is 1. The van der Waals surface area contributed by atoms with Gasteiger partial charge in [-0.25, -0.2) is 8.42 Å². The standard InChI is InChI=1S/C14H22N2O3S/c1-4-20(18,19)11-12(2)16(3)14(17)8-7-13-6-5-9-15-10-13/h5-6,9-10,12H,4,7-8,11H2,1-3H3. The van der Waals surface area contributed by atoms with Gasteiger partial charge < -0.3 is 4.90 Å². The van der Waals surface area contributed by atoms with E-state index in [2.05, 4.69) is 4.98 Å². The van der Waals surface area contributed by atoms with E-state index in [9.17, 15) is 13.2 Å². The molecule has 0 bridgehead atoms. The summed E-state index contributed by atoms with van der Waals surface area (Å²) in [6, 6.07) is 3.45. The molecule has 0 saturated heterocycles. The van der Waals surface area contributed by atoms with Crippen molar-refractivity contribution in [3.63, 3.8) is 0 Å². The van der Waals surface area contributed by atoms with Crippen molar-refractivity contribution in [1.29, 1.82) is 0 Å². The topological polar surface area (TPSA) is 67.3 Å². The van der Waals surface area contributed by atoms with Crippen molar-refractivity contribution >= 4 is 15.7 Å². The van der Waals surface area contributed by atoms with Crippen molar-refractivity contribution in [2.24, 2.45) is 0 Å². The van der Waals surface area contributed by atoms with Crippen LogP contribution in [0.25, 0.3) is 0 Å². The van der Waals surface area contributed by atoms with E-state index in [0.717, 1.165) is 5.56 Å². The summed E-state index contributed by atoms with van der Waals surface area (Å²) in [5, 5.41) is 0. The van der Waals surface area contributed by atoms with Crippen molar-refractivity contribution in [3.8, 4) is 0 Å². The molecule has 0 fully saturated rings. The highest BCUT2D eigenvalue weighted by atomic mass is 32.2. The van der Waals surface area contributed by atoms with Gasteiger partial charge >= 0.3 is 0 Å². The van der Waals surface area contributed by atoms with Gasteiger partial charge in [-0.1, -0.05) is 13.0 Å². The van der Waals surface area contributed by atoms with Crippen LogP contribution in [-0.4, -0.2) is 48.8 Å². The van der Waals surface area contributed by atoms with Crippen LogP contribution in [0.1, 0.15) is 25.8 Å². The first-order valence-corrected chi connectivity index (χ1v) is 8.53. The maximum Gasteiger partial charge on any atom is 0.222 e. The third-order valence-electron chi connectivity index (χ3n) is 3.34. The molecule has 1 aromatic rings. The van der Waals surface area contributed by atoms with Crippen molar-refractivity contribution < 1.29 is 13.2 Å². The zero-order chi connectivity index (χ0) is 15.2. The number of hydrogen-bond donors (Lipinski definition) is 0. The lowest BCUT2D eigenvalue weighted by atomic mass is 10.1. The minimum atomic E-state index is -3.07. The predicted octanol–water partition coefficient (Wildman–Crippen LogP) is 1.30. The van der Waals surface area contributed by atoms with Gasteiger partial charge in [0.2, 0.25) is 5.91 Å². The van der Waals surface area contributed by atoms with Crippen LogP contribution in [-0.2, 0) is 21.1 Å². The molecule has 20 heavy (non-hydrogen) atoms. The Morgan fingerprint density at radius 2 is 2.15 bits per heavy atom. The molecule has 112 valence electrons. The second kappa shape index (κ2) is 7.38. The fourth-order valence-electron chi connectivity index (χ4n) is 1.82.